The molecule has 1 N–H and O–H groups in total. The molecule has 0 aliphatic heterocycles. The molecule has 29 heavy (non-hydrogen) atoms. The van der Waals surface area contributed by atoms with Crippen LogP contribution in [0.4, 0.5) is 10.1 Å². The summed E-state index contributed by atoms with van der Waals surface area (Å²) in [6, 6.07) is 9.51. The van der Waals surface area contributed by atoms with Gasteiger partial charge in [0.25, 0.3) is 0 Å². The molecule has 9 heteroatoms. The predicted octanol–water partition coefficient (Wildman–Crippen LogP) is 2.36. The lowest BCUT2D eigenvalue weighted by Crippen LogP contribution is -2.48. The number of amides is 1. The van der Waals surface area contributed by atoms with E-state index < -0.39 is 27.8 Å². The van der Waals surface area contributed by atoms with Crippen molar-refractivity contribution in [3.63, 3.8) is 0 Å². The predicted molar refractivity (Wildman–Crippen MR) is 109 cm³/mol. The van der Waals surface area contributed by atoms with Crippen molar-refractivity contribution in [1.82, 2.24) is 5.32 Å². The fourth-order valence-electron chi connectivity index (χ4n) is 2.94. The van der Waals surface area contributed by atoms with Crippen LogP contribution in [0.15, 0.2) is 42.5 Å². The summed E-state index contributed by atoms with van der Waals surface area (Å²) in [5.41, 5.74) is 1.01. The van der Waals surface area contributed by atoms with Gasteiger partial charge in [-0.3, -0.25) is 9.10 Å². The van der Waals surface area contributed by atoms with Crippen LogP contribution < -0.4 is 19.1 Å². The summed E-state index contributed by atoms with van der Waals surface area (Å²) in [5.74, 6) is 0.115. The zero-order valence-corrected chi connectivity index (χ0v) is 17.6. The van der Waals surface area contributed by atoms with E-state index in [1.54, 1.807) is 13.2 Å². The van der Waals surface area contributed by atoms with Gasteiger partial charge in [0.1, 0.15) is 11.9 Å². The second-order valence-electron chi connectivity index (χ2n) is 6.45. The Balaban J connectivity index is 2.07. The number of hydrogen-bond acceptors (Lipinski definition) is 5. The summed E-state index contributed by atoms with van der Waals surface area (Å²) in [6.07, 6.45) is 1.49. The number of nitrogens with zero attached hydrogens (tertiary/aromatic N) is 1. The number of benzene rings is 2. The van der Waals surface area contributed by atoms with E-state index in [4.69, 9.17) is 9.47 Å². The zero-order valence-electron chi connectivity index (χ0n) is 16.8. The van der Waals surface area contributed by atoms with Crippen molar-refractivity contribution in [1.29, 1.82) is 0 Å². The standard InChI is InChI=1S/C20H25FN2O5S/c1-14(23(29(4,25)26)17-7-5-6-16(21)13-17)20(24)22-11-10-15-8-9-18(27-2)19(12-15)28-3/h5-9,12-14H,10-11H2,1-4H3,(H,22,24). The molecule has 1 unspecified atom stereocenters. The topological polar surface area (TPSA) is 84.9 Å². The van der Waals surface area contributed by atoms with Crippen molar-refractivity contribution < 1.29 is 27.1 Å². The molecule has 0 spiro atoms. The molecule has 0 aromatic heterocycles. The Morgan fingerprint density at radius 2 is 1.83 bits per heavy atom. The van der Waals surface area contributed by atoms with Crippen molar-refractivity contribution in [3.05, 3.63) is 53.8 Å². The van der Waals surface area contributed by atoms with Gasteiger partial charge in [0, 0.05) is 6.54 Å². The fraction of sp³-hybridized carbons (Fsp3) is 0.350. The van der Waals surface area contributed by atoms with Gasteiger partial charge in [-0.1, -0.05) is 12.1 Å². The molecule has 7 nitrogen and oxygen atoms in total. The first-order valence-corrected chi connectivity index (χ1v) is 10.8. The second kappa shape index (κ2) is 9.60. The number of halogens is 1. The van der Waals surface area contributed by atoms with Crippen molar-refractivity contribution in [2.24, 2.45) is 0 Å². The quantitative estimate of drug-likeness (QED) is 0.668. The van der Waals surface area contributed by atoms with Crippen molar-refractivity contribution in [2.75, 3.05) is 31.3 Å². The van der Waals surface area contributed by atoms with E-state index in [1.165, 1.54) is 32.2 Å². The average molecular weight is 424 g/mol. The Morgan fingerprint density at radius 3 is 2.41 bits per heavy atom. The van der Waals surface area contributed by atoms with E-state index in [2.05, 4.69) is 5.32 Å². The minimum absolute atomic E-state index is 0.0926. The lowest BCUT2D eigenvalue weighted by molar-refractivity contribution is -0.121. The molecule has 0 heterocycles. The van der Waals surface area contributed by atoms with Gasteiger partial charge in [-0.15, -0.1) is 0 Å². The molecule has 0 saturated heterocycles. The lowest BCUT2D eigenvalue weighted by atomic mass is 10.1. The molecular weight excluding hydrogens is 399 g/mol. The maximum atomic E-state index is 13.5. The van der Waals surface area contributed by atoms with Crippen molar-refractivity contribution >= 4 is 21.6 Å². The van der Waals surface area contributed by atoms with Gasteiger partial charge >= 0.3 is 0 Å². The Bertz CT molecular complexity index is 965. The largest absolute Gasteiger partial charge is 0.493 e. The molecule has 1 atom stereocenters. The fourth-order valence-corrected chi connectivity index (χ4v) is 4.10. The van der Waals surface area contributed by atoms with E-state index in [1.807, 2.05) is 12.1 Å². The number of anilines is 1. The highest BCUT2D eigenvalue weighted by molar-refractivity contribution is 7.92. The minimum atomic E-state index is -3.80. The number of hydrogen-bond donors (Lipinski definition) is 1. The molecule has 0 fully saturated rings. The lowest BCUT2D eigenvalue weighted by Gasteiger charge is -2.28. The van der Waals surface area contributed by atoms with Gasteiger partial charge < -0.3 is 14.8 Å². The summed E-state index contributed by atoms with van der Waals surface area (Å²) in [5, 5.41) is 2.72. The number of sulfonamides is 1. The van der Waals surface area contributed by atoms with Crippen molar-refractivity contribution in [3.8, 4) is 11.5 Å². The third-order valence-electron chi connectivity index (χ3n) is 4.31. The Hall–Kier alpha value is -2.81. The van der Waals surface area contributed by atoms with Crippen LogP contribution in [0.3, 0.4) is 0 Å². The minimum Gasteiger partial charge on any atom is -0.493 e. The molecule has 2 aromatic rings. The third kappa shape index (κ3) is 5.83. The van der Waals surface area contributed by atoms with Gasteiger partial charge in [0.05, 0.1) is 26.2 Å². The molecule has 2 rings (SSSR count). The third-order valence-corrected chi connectivity index (χ3v) is 5.55. The summed E-state index contributed by atoms with van der Waals surface area (Å²) < 4.78 is 49.3. The molecule has 0 aliphatic rings. The highest BCUT2D eigenvalue weighted by Gasteiger charge is 2.29. The molecule has 0 radical (unpaired) electrons. The monoisotopic (exact) mass is 424 g/mol. The van der Waals surface area contributed by atoms with Gasteiger partial charge in [0.15, 0.2) is 11.5 Å². The normalized spacial score (nSPS) is 12.2. The summed E-state index contributed by atoms with van der Waals surface area (Å²) in [6.45, 7) is 1.75. The van der Waals surface area contributed by atoms with Crippen LogP contribution in [-0.4, -0.2) is 47.4 Å². The number of methoxy groups -OCH3 is 2. The smallest absolute Gasteiger partial charge is 0.243 e. The maximum absolute atomic E-state index is 13.5. The molecular formula is C20H25FN2O5S. The highest BCUT2D eigenvalue weighted by atomic mass is 32.2. The van der Waals surface area contributed by atoms with E-state index in [0.29, 0.717) is 24.5 Å². The average Bonchev–Trinajstić information content (AvgIpc) is 2.66. The molecule has 0 saturated carbocycles. The van der Waals surface area contributed by atoms with Crippen LogP contribution in [-0.2, 0) is 21.2 Å². The number of ether oxygens (including phenoxy) is 2. The van der Waals surface area contributed by atoms with E-state index in [0.717, 1.165) is 22.2 Å². The molecule has 0 bridgehead atoms. The molecule has 2 aromatic carbocycles. The van der Waals surface area contributed by atoms with Crippen LogP contribution in [0.25, 0.3) is 0 Å². The van der Waals surface area contributed by atoms with Gasteiger partial charge in [-0.2, -0.15) is 0 Å². The highest BCUT2D eigenvalue weighted by Crippen LogP contribution is 2.27. The van der Waals surface area contributed by atoms with Crippen LogP contribution in [0.5, 0.6) is 11.5 Å². The van der Waals surface area contributed by atoms with E-state index in [-0.39, 0.29) is 5.69 Å². The Morgan fingerprint density at radius 1 is 1.14 bits per heavy atom. The van der Waals surface area contributed by atoms with Crippen molar-refractivity contribution in [2.45, 2.75) is 19.4 Å². The molecule has 158 valence electrons. The number of carbonyl (C=O) groups is 1. The number of nitrogens with one attached hydrogen (secondary N) is 1. The summed E-state index contributed by atoms with van der Waals surface area (Å²) in [7, 11) is -0.712. The maximum Gasteiger partial charge on any atom is 0.243 e. The Kier molecular flexibility index (Phi) is 7.44. The Labute approximate surface area is 170 Å². The summed E-state index contributed by atoms with van der Waals surface area (Å²) in [4.78, 5) is 12.5. The second-order valence-corrected chi connectivity index (χ2v) is 8.30. The summed E-state index contributed by atoms with van der Waals surface area (Å²) >= 11 is 0. The number of carbonyl (C=O) groups excluding carboxylic acids is 1. The molecule has 1 amide bonds. The SMILES string of the molecule is COc1ccc(CCNC(=O)C(C)N(c2cccc(F)c2)S(C)(=O)=O)cc1OC. The number of rotatable bonds is 9. The first-order valence-electron chi connectivity index (χ1n) is 8.91. The first-order chi connectivity index (χ1) is 13.7. The molecule has 0 aliphatic carbocycles. The van der Waals surface area contributed by atoms with Crippen LogP contribution >= 0.6 is 0 Å². The van der Waals surface area contributed by atoms with Gasteiger partial charge in [-0.05, 0) is 49.2 Å². The van der Waals surface area contributed by atoms with E-state index >= 15 is 0 Å². The van der Waals surface area contributed by atoms with E-state index in [9.17, 15) is 17.6 Å². The zero-order chi connectivity index (χ0) is 21.6. The van der Waals surface area contributed by atoms with Crippen LogP contribution in [0, 0.1) is 5.82 Å². The van der Waals surface area contributed by atoms with Gasteiger partial charge in [0.2, 0.25) is 15.9 Å². The van der Waals surface area contributed by atoms with Gasteiger partial charge in [-0.25, -0.2) is 12.8 Å². The first kappa shape index (κ1) is 22.5. The van der Waals surface area contributed by atoms with Crippen LogP contribution in [0.1, 0.15) is 12.5 Å². The van der Waals surface area contributed by atoms with Crippen LogP contribution in [0.2, 0.25) is 0 Å².